The molecule has 2 aromatic rings. The largest absolute Gasteiger partial charge is 0.485 e. The van der Waals surface area contributed by atoms with Gasteiger partial charge in [-0.1, -0.05) is 36.0 Å². The molecule has 2 aromatic carbocycles. The van der Waals surface area contributed by atoms with E-state index in [0.717, 1.165) is 23.9 Å². The highest BCUT2D eigenvalue weighted by molar-refractivity contribution is 8.15. The van der Waals surface area contributed by atoms with Crippen molar-refractivity contribution in [2.24, 2.45) is 0 Å². The lowest BCUT2D eigenvalue weighted by Crippen LogP contribution is -2.25. The summed E-state index contributed by atoms with van der Waals surface area (Å²) in [5.41, 5.74) is 0.554. The Labute approximate surface area is 158 Å². The summed E-state index contributed by atoms with van der Waals surface area (Å²) in [4.78, 5) is 22.7. The molecule has 0 aromatic heterocycles. The molecule has 0 spiro atoms. The Bertz CT molecular complexity index is 837. The van der Waals surface area contributed by atoms with E-state index in [0.29, 0.717) is 29.7 Å². The minimum Gasteiger partial charge on any atom is -0.485 e. The van der Waals surface area contributed by atoms with Crippen LogP contribution in [0.25, 0.3) is 0 Å². The number of rotatable bonds is 6. The Kier molecular flexibility index (Phi) is 5.61. The van der Waals surface area contributed by atoms with Crippen LogP contribution in [0.1, 0.15) is 16.7 Å². The highest BCUT2D eigenvalue weighted by Gasteiger charge is 2.31. The second kappa shape index (κ2) is 7.92. The van der Waals surface area contributed by atoms with Crippen molar-refractivity contribution in [1.82, 2.24) is 5.32 Å². The SMILES string of the molecule is O=C1NC(=O)C(Cc2c#cc(OCCc3cccc(C(F)(F)F)c3)cc2)S1. The smallest absolute Gasteiger partial charge is 0.416 e. The highest BCUT2D eigenvalue weighted by atomic mass is 32.2. The number of thioether (sulfide) groups is 1. The standard InChI is InChI=1S/C19H14F3NO3S/c20-19(21,22)14-3-1-2-12(10-14)8-9-26-15-6-4-13(5-7-15)11-16-17(24)23-18(25)27-16/h1-4,6,10,16H,8-9,11H2,(H,23,24,25). The van der Waals surface area contributed by atoms with E-state index in [1.165, 1.54) is 6.07 Å². The molecule has 1 heterocycles. The number of imide groups is 1. The molecule has 1 atom stereocenters. The molecule has 3 rings (SSSR count). The zero-order valence-corrected chi connectivity index (χ0v) is 14.7. The Hall–Kier alpha value is -2.66. The summed E-state index contributed by atoms with van der Waals surface area (Å²) in [6.07, 6.45) is -3.70. The van der Waals surface area contributed by atoms with E-state index in [1.807, 2.05) is 0 Å². The number of ether oxygens (including phenoxy) is 1. The zero-order valence-electron chi connectivity index (χ0n) is 13.9. The lowest BCUT2D eigenvalue weighted by Gasteiger charge is -2.09. The average molecular weight is 393 g/mol. The van der Waals surface area contributed by atoms with Crippen molar-refractivity contribution in [3.8, 4) is 5.75 Å². The van der Waals surface area contributed by atoms with E-state index in [-0.39, 0.29) is 17.8 Å². The summed E-state index contributed by atoms with van der Waals surface area (Å²) in [7, 11) is 0. The Morgan fingerprint density at radius 1 is 1.15 bits per heavy atom. The van der Waals surface area contributed by atoms with Gasteiger partial charge in [0.25, 0.3) is 5.24 Å². The third-order valence-corrected chi connectivity index (χ3v) is 4.84. The minimum atomic E-state index is -4.37. The van der Waals surface area contributed by atoms with Gasteiger partial charge in [-0.15, -0.1) is 0 Å². The van der Waals surface area contributed by atoms with Gasteiger partial charge in [-0.3, -0.25) is 14.9 Å². The highest BCUT2D eigenvalue weighted by Crippen LogP contribution is 2.29. The Morgan fingerprint density at radius 2 is 1.96 bits per heavy atom. The van der Waals surface area contributed by atoms with Crippen LogP contribution in [0.4, 0.5) is 18.0 Å². The van der Waals surface area contributed by atoms with Gasteiger partial charge in [0.05, 0.1) is 17.4 Å². The van der Waals surface area contributed by atoms with Crippen molar-refractivity contribution < 1.29 is 27.5 Å². The molecule has 4 nitrogen and oxygen atoms in total. The number of hydrogen-bond donors (Lipinski definition) is 1. The van der Waals surface area contributed by atoms with Crippen molar-refractivity contribution in [2.75, 3.05) is 6.61 Å². The molecule has 8 heteroatoms. The molecule has 1 unspecified atom stereocenters. The monoisotopic (exact) mass is 393 g/mol. The van der Waals surface area contributed by atoms with Crippen molar-refractivity contribution in [3.05, 3.63) is 65.2 Å². The average Bonchev–Trinajstić information content (AvgIpc) is 2.93. The number of amides is 2. The number of nitrogens with one attached hydrogen (secondary N) is 1. The van der Waals surface area contributed by atoms with Gasteiger partial charge in [0.15, 0.2) is 5.75 Å². The van der Waals surface area contributed by atoms with E-state index >= 15 is 0 Å². The topological polar surface area (TPSA) is 55.4 Å². The predicted octanol–water partition coefficient (Wildman–Crippen LogP) is 3.82. The quantitative estimate of drug-likeness (QED) is 0.811. The molecule has 2 amide bonds. The number of benzene rings is 1. The van der Waals surface area contributed by atoms with E-state index in [4.69, 9.17) is 4.74 Å². The number of carbonyl (C=O) groups is 2. The second-order valence-electron chi connectivity index (χ2n) is 5.86. The molecular formula is C19H14F3NO3S. The summed E-state index contributed by atoms with van der Waals surface area (Å²) in [6.45, 7) is 0.195. The molecule has 1 aliphatic heterocycles. The zero-order chi connectivity index (χ0) is 19.4. The van der Waals surface area contributed by atoms with Gasteiger partial charge >= 0.3 is 6.18 Å². The fraction of sp³-hybridized carbons (Fsp3) is 0.263. The normalized spacial score (nSPS) is 16.8. The minimum absolute atomic E-state index is 0.195. The maximum Gasteiger partial charge on any atom is 0.416 e. The van der Waals surface area contributed by atoms with E-state index in [9.17, 15) is 22.8 Å². The molecule has 1 saturated heterocycles. The summed E-state index contributed by atoms with van der Waals surface area (Å²) >= 11 is 0.942. The first-order valence-electron chi connectivity index (χ1n) is 8.04. The van der Waals surface area contributed by atoms with Gasteiger partial charge in [-0.2, -0.15) is 13.2 Å². The molecule has 0 aliphatic carbocycles. The predicted molar refractivity (Wildman–Crippen MR) is 93.4 cm³/mol. The molecule has 1 N–H and O–H groups in total. The third-order valence-electron chi connectivity index (χ3n) is 3.86. The third kappa shape index (κ3) is 5.17. The first-order valence-corrected chi connectivity index (χ1v) is 8.92. The lowest BCUT2D eigenvalue weighted by molar-refractivity contribution is -0.137. The summed E-state index contributed by atoms with van der Waals surface area (Å²) < 4.78 is 43.6. The lowest BCUT2D eigenvalue weighted by atomic mass is 10.1. The van der Waals surface area contributed by atoms with E-state index in [2.05, 4.69) is 17.4 Å². The summed E-state index contributed by atoms with van der Waals surface area (Å²) in [6, 6.07) is 14.2. The van der Waals surface area contributed by atoms with Crippen LogP contribution < -0.4 is 10.1 Å². The number of carbonyl (C=O) groups excluding carboxylic acids is 2. The number of hydrogen-bond acceptors (Lipinski definition) is 4. The summed E-state index contributed by atoms with van der Waals surface area (Å²) in [5, 5.41) is 1.39. The van der Waals surface area contributed by atoms with Crippen molar-refractivity contribution in [2.45, 2.75) is 24.3 Å². The molecule has 27 heavy (non-hydrogen) atoms. The van der Waals surface area contributed by atoms with Gasteiger partial charge in [-0.05, 0) is 29.8 Å². The molecule has 0 bridgehead atoms. The van der Waals surface area contributed by atoms with Gasteiger partial charge in [0, 0.05) is 18.4 Å². The molecule has 1 aliphatic rings. The molecule has 0 saturated carbocycles. The van der Waals surface area contributed by atoms with Crippen molar-refractivity contribution in [3.63, 3.8) is 0 Å². The Morgan fingerprint density at radius 3 is 2.59 bits per heavy atom. The molecule has 1 fully saturated rings. The van der Waals surface area contributed by atoms with Crippen LogP contribution in [-0.2, 0) is 23.8 Å². The summed E-state index contributed by atoms with van der Waals surface area (Å²) in [5.74, 6) is 0.0881. The Balaban J connectivity index is 1.51. The molecular weight excluding hydrogens is 379 g/mol. The van der Waals surface area contributed by atoms with Crippen molar-refractivity contribution >= 4 is 22.9 Å². The van der Waals surface area contributed by atoms with Crippen molar-refractivity contribution in [1.29, 1.82) is 0 Å². The van der Waals surface area contributed by atoms with Gasteiger partial charge in [0.2, 0.25) is 5.91 Å². The van der Waals surface area contributed by atoms with Crippen LogP contribution >= 0.6 is 11.8 Å². The van der Waals surface area contributed by atoms with Crippen LogP contribution in [0.2, 0.25) is 0 Å². The van der Waals surface area contributed by atoms with Crippen LogP contribution in [-0.4, -0.2) is 23.0 Å². The van der Waals surface area contributed by atoms with Crippen LogP contribution in [0.15, 0.2) is 36.4 Å². The molecule has 0 radical (unpaired) electrons. The fourth-order valence-corrected chi connectivity index (χ4v) is 3.36. The first kappa shape index (κ1) is 19.1. The van der Waals surface area contributed by atoms with Crippen LogP contribution in [0.5, 0.6) is 5.75 Å². The van der Waals surface area contributed by atoms with Gasteiger partial charge in [0.1, 0.15) is 0 Å². The second-order valence-corrected chi connectivity index (χ2v) is 7.03. The number of alkyl halides is 3. The van der Waals surface area contributed by atoms with Crippen LogP contribution in [0.3, 0.4) is 0 Å². The maximum atomic E-state index is 12.7. The van der Waals surface area contributed by atoms with E-state index in [1.54, 1.807) is 18.2 Å². The van der Waals surface area contributed by atoms with Gasteiger partial charge < -0.3 is 4.74 Å². The maximum absolute atomic E-state index is 12.7. The number of halogens is 3. The van der Waals surface area contributed by atoms with Crippen LogP contribution in [0, 0.1) is 12.1 Å². The van der Waals surface area contributed by atoms with E-state index < -0.39 is 17.0 Å². The first-order chi connectivity index (χ1) is 12.8. The fourth-order valence-electron chi connectivity index (χ4n) is 2.51. The van der Waals surface area contributed by atoms with Gasteiger partial charge in [-0.25, -0.2) is 0 Å². The molecule has 140 valence electrons.